The minimum atomic E-state index is 0.579. The Bertz CT molecular complexity index is 206. The van der Waals surface area contributed by atoms with Crippen molar-refractivity contribution in [3.63, 3.8) is 0 Å². The van der Waals surface area contributed by atoms with Crippen molar-refractivity contribution < 1.29 is 0 Å². The molecule has 0 aromatic heterocycles. The molecule has 1 aliphatic heterocycles. The van der Waals surface area contributed by atoms with E-state index in [4.69, 9.17) is 5.73 Å². The first kappa shape index (κ1) is 10.3. The lowest BCUT2D eigenvalue weighted by atomic mass is 10.1. The van der Waals surface area contributed by atoms with Crippen LogP contribution in [-0.4, -0.2) is 38.6 Å². The van der Waals surface area contributed by atoms with Crippen LogP contribution in [-0.2, 0) is 0 Å². The van der Waals surface area contributed by atoms with Crippen molar-refractivity contribution in [2.24, 2.45) is 11.7 Å². The number of hydrogen-bond acceptors (Lipinski definition) is 3. The third kappa shape index (κ3) is 3.61. The minimum absolute atomic E-state index is 0.579. The normalized spacial score (nSPS) is 22.5. The molecule has 0 fully saturated rings. The number of nitrogens with two attached hydrogens (primary N) is 1. The van der Waals surface area contributed by atoms with Crippen molar-refractivity contribution in [3.05, 3.63) is 23.9 Å². The Morgan fingerprint density at radius 1 is 1.62 bits per heavy atom. The second-order valence-corrected chi connectivity index (χ2v) is 3.68. The molecule has 0 amide bonds. The van der Waals surface area contributed by atoms with Gasteiger partial charge < -0.3 is 16.0 Å². The summed E-state index contributed by atoms with van der Waals surface area (Å²) >= 11 is 0. The summed E-state index contributed by atoms with van der Waals surface area (Å²) in [6.07, 6.45) is 6.38. The molecular weight excluding hydrogens is 162 g/mol. The van der Waals surface area contributed by atoms with Gasteiger partial charge in [-0.05, 0) is 20.2 Å². The average molecular weight is 181 g/mol. The summed E-state index contributed by atoms with van der Waals surface area (Å²) in [5.74, 6) is 0.579. The smallest absolute Gasteiger partial charge is 0.0328 e. The van der Waals surface area contributed by atoms with E-state index in [0.717, 1.165) is 18.8 Å². The Labute approximate surface area is 80.3 Å². The van der Waals surface area contributed by atoms with E-state index in [-0.39, 0.29) is 0 Å². The van der Waals surface area contributed by atoms with E-state index in [1.165, 1.54) is 0 Å². The molecule has 0 aliphatic carbocycles. The highest BCUT2D eigenvalue weighted by molar-refractivity contribution is 5.16. The third-order valence-corrected chi connectivity index (χ3v) is 2.09. The van der Waals surface area contributed by atoms with Gasteiger partial charge in [-0.15, -0.1) is 0 Å². The molecule has 0 saturated heterocycles. The molecule has 0 bridgehead atoms. The van der Waals surface area contributed by atoms with Crippen molar-refractivity contribution in [1.82, 2.24) is 10.2 Å². The van der Waals surface area contributed by atoms with Crippen LogP contribution in [0.25, 0.3) is 0 Å². The van der Waals surface area contributed by atoms with Crippen LogP contribution in [0.1, 0.15) is 0 Å². The molecule has 3 heteroatoms. The highest BCUT2D eigenvalue weighted by Gasteiger charge is 2.08. The zero-order valence-corrected chi connectivity index (χ0v) is 8.46. The van der Waals surface area contributed by atoms with Crippen LogP contribution in [0.4, 0.5) is 0 Å². The first-order chi connectivity index (χ1) is 6.22. The number of nitrogens with zero attached hydrogens (tertiary/aromatic N) is 1. The molecule has 74 valence electrons. The monoisotopic (exact) mass is 181 g/mol. The van der Waals surface area contributed by atoms with E-state index in [9.17, 15) is 0 Å². The molecule has 0 aromatic carbocycles. The zero-order valence-electron chi connectivity index (χ0n) is 8.46. The van der Waals surface area contributed by atoms with Crippen molar-refractivity contribution in [2.75, 3.05) is 33.7 Å². The van der Waals surface area contributed by atoms with Gasteiger partial charge in [-0.25, -0.2) is 0 Å². The highest BCUT2D eigenvalue weighted by atomic mass is 15.1. The van der Waals surface area contributed by atoms with E-state index in [2.05, 4.69) is 42.5 Å². The maximum absolute atomic E-state index is 5.54. The highest BCUT2D eigenvalue weighted by Crippen LogP contribution is 2.04. The van der Waals surface area contributed by atoms with E-state index in [0.29, 0.717) is 12.5 Å². The SMILES string of the molecule is CN(C)CC1C=CC=C(CN)NC1. The van der Waals surface area contributed by atoms with Gasteiger partial charge in [-0.1, -0.05) is 12.2 Å². The molecule has 1 aliphatic rings. The summed E-state index contributed by atoms with van der Waals surface area (Å²) < 4.78 is 0. The second kappa shape index (κ2) is 5.04. The third-order valence-electron chi connectivity index (χ3n) is 2.09. The summed E-state index contributed by atoms with van der Waals surface area (Å²) in [4.78, 5) is 2.20. The Hall–Kier alpha value is -0.800. The fourth-order valence-corrected chi connectivity index (χ4v) is 1.45. The van der Waals surface area contributed by atoms with Gasteiger partial charge >= 0.3 is 0 Å². The lowest BCUT2D eigenvalue weighted by molar-refractivity contribution is 0.355. The summed E-state index contributed by atoms with van der Waals surface area (Å²) in [7, 11) is 4.19. The van der Waals surface area contributed by atoms with Crippen LogP contribution < -0.4 is 11.1 Å². The average Bonchev–Trinajstić information content (AvgIpc) is 2.29. The minimum Gasteiger partial charge on any atom is -0.387 e. The van der Waals surface area contributed by atoms with E-state index in [1.54, 1.807) is 0 Å². The number of allylic oxidation sites excluding steroid dienone is 2. The standard InChI is InChI=1S/C10H19N3/c1-13(2)8-9-4-3-5-10(6-11)12-7-9/h3-5,9,12H,6-8,11H2,1-2H3. The van der Waals surface area contributed by atoms with Gasteiger partial charge in [0.2, 0.25) is 0 Å². The first-order valence-corrected chi connectivity index (χ1v) is 4.68. The van der Waals surface area contributed by atoms with Gasteiger partial charge in [0, 0.05) is 31.2 Å². The summed E-state index contributed by atoms with van der Waals surface area (Å²) in [6, 6.07) is 0. The molecule has 0 radical (unpaired) electrons. The predicted octanol–water partition coefficient (Wildman–Crippen LogP) is 0.166. The molecule has 0 saturated carbocycles. The molecule has 13 heavy (non-hydrogen) atoms. The summed E-state index contributed by atoms with van der Waals surface area (Å²) in [6.45, 7) is 2.66. The van der Waals surface area contributed by atoms with Crippen LogP contribution >= 0.6 is 0 Å². The van der Waals surface area contributed by atoms with E-state index in [1.807, 2.05) is 0 Å². The Balaban J connectivity index is 2.42. The molecule has 3 nitrogen and oxygen atoms in total. The van der Waals surface area contributed by atoms with Gasteiger partial charge in [0.1, 0.15) is 0 Å². The molecule has 0 spiro atoms. The molecule has 3 N–H and O–H groups in total. The topological polar surface area (TPSA) is 41.3 Å². The lowest BCUT2D eigenvalue weighted by Crippen LogP contribution is -2.30. The molecule has 0 aromatic rings. The maximum atomic E-state index is 5.54. The largest absolute Gasteiger partial charge is 0.387 e. The van der Waals surface area contributed by atoms with Crippen molar-refractivity contribution in [2.45, 2.75) is 0 Å². The Morgan fingerprint density at radius 2 is 2.38 bits per heavy atom. The van der Waals surface area contributed by atoms with E-state index < -0.39 is 0 Å². The Morgan fingerprint density at radius 3 is 3.00 bits per heavy atom. The van der Waals surface area contributed by atoms with E-state index >= 15 is 0 Å². The molecule has 1 rings (SSSR count). The van der Waals surface area contributed by atoms with Crippen LogP contribution in [0.2, 0.25) is 0 Å². The van der Waals surface area contributed by atoms with Crippen molar-refractivity contribution in [3.8, 4) is 0 Å². The number of hydrogen-bond donors (Lipinski definition) is 2. The van der Waals surface area contributed by atoms with Crippen LogP contribution in [0.3, 0.4) is 0 Å². The van der Waals surface area contributed by atoms with Gasteiger partial charge in [0.05, 0.1) is 0 Å². The van der Waals surface area contributed by atoms with Gasteiger partial charge in [0.15, 0.2) is 0 Å². The zero-order chi connectivity index (χ0) is 9.68. The second-order valence-electron chi connectivity index (χ2n) is 3.68. The number of nitrogens with one attached hydrogen (secondary N) is 1. The summed E-state index contributed by atoms with van der Waals surface area (Å²) in [5, 5.41) is 3.33. The lowest BCUT2D eigenvalue weighted by Gasteiger charge is -2.18. The van der Waals surface area contributed by atoms with Crippen LogP contribution in [0.5, 0.6) is 0 Å². The molecular formula is C10H19N3. The van der Waals surface area contributed by atoms with Crippen LogP contribution in [0, 0.1) is 5.92 Å². The fraction of sp³-hybridized carbons (Fsp3) is 0.600. The Kier molecular flexibility index (Phi) is 3.99. The quantitative estimate of drug-likeness (QED) is 0.652. The fourth-order valence-electron chi connectivity index (χ4n) is 1.45. The molecule has 1 atom stereocenters. The first-order valence-electron chi connectivity index (χ1n) is 4.68. The van der Waals surface area contributed by atoms with Crippen molar-refractivity contribution in [1.29, 1.82) is 0 Å². The molecule has 1 heterocycles. The van der Waals surface area contributed by atoms with Gasteiger partial charge in [0.25, 0.3) is 0 Å². The predicted molar refractivity (Wildman–Crippen MR) is 56.3 cm³/mol. The maximum Gasteiger partial charge on any atom is 0.0328 e. The number of rotatable bonds is 3. The molecule has 1 unspecified atom stereocenters. The van der Waals surface area contributed by atoms with Gasteiger partial charge in [-0.2, -0.15) is 0 Å². The van der Waals surface area contributed by atoms with Crippen molar-refractivity contribution >= 4 is 0 Å². The summed E-state index contributed by atoms with van der Waals surface area (Å²) in [5.41, 5.74) is 6.67. The van der Waals surface area contributed by atoms with Gasteiger partial charge in [-0.3, -0.25) is 0 Å². The van der Waals surface area contributed by atoms with Crippen LogP contribution in [0.15, 0.2) is 23.9 Å².